The van der Waals surface area contributed by atoms with Gasteiger partial charge in [0.05, 0.1) is 24.3 Å². The molecule has 43 heavy (non-hydrogen) atoms. The summed E-state index contributed by atoms with van der Waals surface area (Å²) in [5, 5.41) is 51.2. The van der Waals surface area contributed by atoms with E-state index in [0.717, 1.165) is 0 Å². The summed E-state index contributed by atoms with van der Waals surface area (Å²) >= 11 is 0. The van der Waals surface area contributed by atoms with Crippen LogP contribution in [0.2, 0.25) is 0 Å². The topological polar surface area (TPSA) is 220 Å². The van der Waals surface area contributed by atoms with Gasteiger partial charge in [-0.05, 0) is 51.4 Å². The van der Waals surface area contributed by atoms with Crippen molar-refractivity contribution < 1.29 is 44.1 Å². The molecule has 1 aromatic carbocycles. The molecule has 7 N–H and O–H groups in total. The molecular weight excluding hydrogens is 562 g/mol. The molecule has 1 heterocycles. The smallest absolute Gasteiger partial charge is 0.290 e. The van der Waals surface area contributed by atoms with Crippen molar-refractivity contribution in [3.63, 3.8) is 0 Å². The van der Waals surface area contributed by atoms with Gasteiger partial charge in [0.15, 0.2) is 11.4 Å². The molecule has 0 bridgehead atoms. The predicted molar refractivity (Wildman–Crippen MR) is 153 cm³/mol. The van der Waals surface area contributed by atoms with Gasteiger partial charge in [-0.25, -0.2) is 0 Å². The number of phenolic OH excluding ortho intramolecular Hbond substituents is 1. The van der Waals surface area contributed by atoms with E-state index in [1.54, 1.807) is 44.1 Å². The second-order valence-corrected chi connectivity index (χ2v) is 11.5. The van der Waals surface area contributed by atoms with Gasteiger partial charge in [0.2, 0.25) is 17.5 Å². The van der Waals surface area contributed by atoms with E-state index in [4.69, 9.17) is 10.3 Å². The minimum atomic E-state index is -2.80. The summed E-state index contributed by atoms with van der Waals surface area (Å²) in [6.45, 7) is 0.495. The first-order valence-electron chi connectivity index (χ1n) is 13.7. The number of nitrogens with one attached hydrogen (secondary N) is 1. The van der Waals surface area contributed by atoms with Crippen LogP contribution in [0.25, 0.3) is 5.76 Å². The fourth-order valence-corrected chi connectivity index (χ4v) is 6.20. The number of nitrogens with two attached hydrogens (primary N) is 1. The number of nitrogens with zero attached hydrogens (tertiary/aromatic N) is 3. The van der Waals surface area contributed by atoms with Gasteiger partial charge in [0.1, 0.15) is 11.5 Å². The number of likely N-dealkylation sites (N-methyl/N-ethyl adjacent to an activating group) is 1. The Hall–Kier alpha value is -4.27. The van der Waals surface area contributed by atoms with E-state index >= 15 is 0 Å². The van der Waals surface area contributed by atoms with Gasteiger partial charge in [-0.3, -0.25) is 19.2 Å². The maximum absolute atomic E-state index is 14.2. The average Bonchev–Trinajstić information content (AvgIpc) is 3.49. The molecule has 0 radical (unpaired) electrons. The summed E-state index contributed by atoms with van der Waals surface area (Å²) < 4.78 is 4.86. The fraction of sp³-hybridized carbons (Fsp3) is 0.483. The van der Waals surface area contributed by atoms with E-state index in [2.05, 4.69) is 10.5 Å². The molecule has 2 aliphatic carbocycles. The first-order chi connectivity index (χ1) is 20.2. The van der Waals surface area contributed by atoms with E-state index in [1.165, 1.54) is 19.2 Å². The number of fused-ring (bicyclic) bond motifs is 2. The molecule has 1 saturated carbocycles. The molecule has 4 rings (SSSR count). The number of phenols is 1. The van der Waals surface area contributed by atoms with Crippen molar-refractivity contribution in [2.45, 2.75) is 38.0 Å². The van der Waals surface area contributed by atoms with Crippen LogP contribution in [0.3, 0.4) is 0 Å². The Labute approximate surface area is 247 Å². The second kappa shape index (κ2) is 11.8. The van der Waals surface area contributed by atoms with E-state index < -0.39 is 70.9 Å². The zero-order chi connectivity index (χ0) is 32.0. The predicted octanol–water partition coefficient (Wildman–Crippen LogP) is -0.249. The van der Waals surface area contributed by atoms with E-state index in [1.807, 2.05) is 0 Å². The van der Waals surface area contributed by atoms with E-state index in [0.29, 0.717) is 11.3 Å². The maximum Gasteiger partial charge on any atom is 0.290 e. The number of benzene rings is 1. The Morgan fingerprint density at radius 2 is 1.91 bits per heavy atom. The third kappa shape index (κ3) is 5.26. The van der Waals surface area contributed by atoms with Crippen molar-refractivity contribution in [2.24, 2.45) is 23.5 Å². The number of primary amides is 1. The number of amides is 2. The highest BCUT2D eigenvalue weighted by atomic mass is 16.5. The molecule has 1 fully saturated rings. The first-order valence-corrected chi connectivity index (χ1v) is 13.7. The van der Waals surface area contributed by atoms with Crippen LogP contribution in [0.15, 0.2) is 28.4 Å². The number of carbonyl (C=O) groups excluding carboxylic acids is 4. The number of hydrogen-bond donors (Lipinski definition) is 6. The molecular formula is C29H37N5O9. The van der Waals surface area contributed by atoms with E-state index in [9.17, 15) is 39.6 Å². The zero-order valence-electron chi connectivity index (χ0n) is 24.6. The molecule has 2 unspecified atom stereocenters. The minimum Gasteiger partial charge on any atom is -0.507 e. The number of aliphatic hydroxyl groups is 3. The number of hydrogen-bond acceptors (Lipinski definition) is 12. The quantitative estimate of drug-likeness (QED) is 0.195. The molecule has 2 aromatic rings. The lowest BCUT2D eigenvalue weighted by Gasteiger charge is -2.48. The van der Waals surface area contributed by atoms with Gasteiger partial charge in [0.25, 0.3) is 5.91 Å². The number of anilines is 1. The SMILES string of the molecule is CC(C(N)=O)C(=O)[C@@]1(O)C(=O)C2=C(O)c3c(O)c(CNC(=O)c4ccno4)cc(N(C)C)c3C[C@H]2C[C@H]1C(CO)N(C)C. The number of Topliss-reactive ketones (excluding diaryl/α,β-unsaturated/α-hetero) is 2. The molecule has 2 aliphatic rings. The Balaban J connectivity index is 1.87. The van der Waals surface area contributed by atoms with Crippen LogP contribution in [0.1, 0.15) is 40.6 Å². The van der Waals surface area contributed by atoms with Gasteiger partial charge in [-0.1, -0.05) is 5.16 Å². The molecule has 0 aliphatic heterocycles. The highest BCUT2D eigenvalue weighted by Gasteiger charge is 2.61. The van der Waals surface area contributed by atoms with Crippen molar-refractivity contribution in [2.75, 3.05) is 39.7 Å². The number of ketones is 2. The van der Waals surface area contributed by atoms with Crippen LogP contribution in [-0.2, 0) is 27.3 Å². The normalized spacial score (nSPS) is 22.9. The van der Waals surface area contributed by atoms with Gasteiger partial charge in [-0.15, -0.1) is 0 Å². The Bertz CT molecular complexity index is 1480. The van der Waals surface area contributed by atoms with Gasteiger partial charge >= 0.3 is 0 Å². The van der Waals surface area contributed by atoms with Gasteiger partial charge < -0.3 is 45.8 Å². The Morgan fingerprint density at radius 3 is 2.44 bits per heavy atom. The standard InChI is InChI=1S/C29H37N5O9/c1-13(27(30)40)25(38)29(42)17(19(12-35)34(4)5)9-14-8-16-18(33(2)3)10-15(11-31-28(41)20-6-7-32-43-20)23(36)22(16)24(37)21(14)26(29)39/h6-7,10,13-14,17,19,35-37,42H,8-9,11-12H2,1-5H3,(H2,30,40)(H,31,41)/t13?,14-,17-,19?,29+/m0/s1. The Morgan fingerprint density at radius 1 is 1.23 bits per heavy atom. The summed E-state index contributed by atoms with van der Waals surface area (Å²) in [6.07, 6.45) is 1.44. The van der Waals surface area contributed by atoms with Crippen LogP contribution < -0.4 is 16.0 Å². The monoisotopic (exact) mass is 599 g/mol. The molecule has 0 spiro atoms. The largest absolute Gasteiger partial charge is 0.507 e. The number of rotatable bonds is 10. The van der Waals surface area contributed by atoms with Crippen molar-refractivity contribution in [1.82, 2.24) is 15.4 Å². The molecule has 232 valence electrons. The summed E-state index contributed by atoms with van der Waals surface area (Å²) in [4.78, 5) is 55.5. The van der Waals surface area contributed by atoms with Crippen molar-refractivity contribution in [1.29, 1.82) is 0 Å². The van der Waals surface area contributed by atoms with Crippen molar-refractivity contribution in [3.8, 4) is 5.75 Å². The van der Waals surface area contributed by atoms with E-state index in [-0.39, 0.29) is 41.8 Å². The average molecular weight is 600 g/mol. The lowest BCUT2D eigenvalue weighted by atomic mass is 9.59. The lowest BCUT2D eigenvalue weighted by molar-refractivity contribution is -0.166. The molecule has 14 nitrogen and oxygen atoms in total. The van der Waals surface area contributed by atoms with Crippen molar-refractivity contribution >= 4 is 34.8 Å². The van der Waals surface area contributed by atoms with Gasteiger partial charge in [-0.2, -0.15) is 0 Å². The summed E-state index contributed by atoms with van der Waals surface area (Å²) in [5.41, 5.74) is 3.54. The summed E-state index contributed by atoms with van der Waals surface area (Å²) in [6, 6.07) is 2.16. The Kier molecular flexibility index (Phi) is 8.67. The summed E-state index contributed by atoms with van der Waals surface area (Å²) in [5.74, 6) is -8.37. The molecule has 2 amide bonds. The lowest BCUT2D eigenvalue weighted by Crippen LogP contribution is -2.65. The number of aromatic nitrogens is 1. The molecule has 14 heteroatoms. The number of aliphatic hydroxyl groups excluding tert-OH is 2. The fourth-order valence-electron chi connectivity index (χ4n) is 6.20. The van der Waals surface area contributed by atoms with Crippen LogP contribution in [-0.4, -0.2) is 100 Å². The number of carbonyl (C=O) groups is 4. The van der Waals surface area contributed by atoms with Crippen molar-refractivity contribution in [3.05, 3.63) is 46.4 Å². The maximum atomic E-state index is 14.2. The zero-order valence-corrected chi connectivity index (χ0v) is 24.6. The third-order valence-electron chi connectivity index (χ3n) is 8.57. The summed E-state index contributed by atoms with van der Waals surface area (Å²) in [7, 11) is 6.76. The number of aromatic hydroxyl groups is 1. The highest BCUT2D eigenvalue weighted by molar-refractivity contribution is 6.24. The van der Waals surface area contributed by atoms with Crippen LogP contribution >= 0.6 is 0 Å². The molecule has 1 aromatic heterocycles. The van der Waals surface area contributed by atoms with Gasteiger partial charge in [0, 0.05) is 55.5 Å². The van der Waals surface area contributed by atoms with Crippen LogP contribution in [0.5, 0.6) is 5.75 Å². The minimum absolute atomic E-state index is 0.00960. The molecule has 0 saturated heterocycles. The van der Waals surface area contributed by atoms with Crippen LogP contribution in [0.4, 0.5) is 5.69 Å². The highest BCUT2D eigenvalue weighted by Crippen LogP contribution is 2.51. The first kappa shape index (κ1) is 31.7. The molecule has 5 atom stereocenters. The second-order valence-electron chi connectivity index (χ2n) is 11.5. The van der Waals surface area contributed by atoms with Crippen LogP contribution in [0, 0.1) is 17.8 Å². The third-order valence-corrected chi connectivity index (χ3v) is 8.57.